The van der Waals surface area contributed by atoms with Crippen LogP contribution in [0.3, 0.4) is 0 Å². The summed E-state index contributed by atoms with van der Waals surface area (Å²) in [6.07, 6.45) is 2.52. The number of likely N-dealkylation sites (tertiary alicyclic amines) is 1. The van der Waals surface area contributed by atoms with Crippen LogP contribution in [0.4, 0.5) is 10.1 Å². The van der Waals surface area contributed by atoms with E-state index in [1.807, 2.05) is 12.1 Å². The number of anilines is 1. The number of nitrogens with zero attached hydrogens (tertiary/aromatic N) is 3. The quantitative estimate of drug-likeness (QED) is 0.831. The number of hydrogen-bond donors (Lipinski definition) is 0. The number of benzene rings is 2. The first-order chi connectivity index (χ1) is 12.8. The number of rotatable bonds is 4. The molecule has 0 aliphatic carbocycles. The Kier molecular flexibility index (Phi) is 5.51. The number of halogens is 1. The molecule has 0 unspecified atom stereocenters. The minimum Gasteiger partial charge on any atom is -0.369 e. The maximum atomic E-state index is 13.4. The van der Waals surface area contributed by atoms with E-state index in [9.17, 15) is 4.39 Å². The van der Waals surface area contributed by atoms with E-state index in [0.29, 0.717) is 6.04 Å². The minimum atomic E-state index is -0.131. The van der Waals surface area contributed by atoms with Gasteiger partial charge in [-0.15, -0.1) is 0 Å². The molecule has 0 saturated carbocycles. The Bertz CT molecular complexity index is 698. The molecule has 2 saturated heterocycles. The summed E-state index contributed by atoms with van der Waals surface area (Å²) in [4.78, 5) is 7.65. The highest BCUT2D eigenvalue weighted by Crippen LogP contribution is 2.22. The van der Waals surface area contributed by atoms with E-state index in [1.54, 1.807) is 6.07 Å². The molecule has 2 aromatic carbocycles. The van der Waals surface area contributed by atoms with Gasteiger partial charge in [-0.1, -0.05) is 30.3 Å². The van der Waals surface area contributed by atoms with E-state index in [2.05, 4.69) is 45.0 Å². The van der Waals surface area contributed by atoms with Crippen LogP contribution < -0.4 is 4.90 Å². The second kappa shape index (κ2) is 8.19. The fraction of sp³-hybridized carbons (Fsp3) is 0.455. The molecule has 2 aliphatic heterocycles. The van der Waals surface area contributed by atoms with Crippen molar-refractivity contribution in [3.8, 4) is 0 Å². The number of para-hydroxylation sites is 1. The molecular formula is C22H28FN3. The van der Waals surface area contributed by atoms with Crippen LogP contribution in [0.15, 0.2) is 54.6 Å². The van der Waals surface area contributed by atoms with Crippen molar-refractivity contribution in [1.29, 1.82) is 0 Å². The Balaban J connectivity index is 1.31. The fourth-order valence-corrected chi connectivity index (χ4v) is 4.35. The van der Waals surface area contributed by atoms with E-state index < -0.39 is 0 Å². The third-order valence-electron chi connectivity index (χ3n) is 5.73. The average Bonchev–Trinajstić information content (AvgIpc) is 2.69. The monoisotopic (exact) mass is 353 g/mol. The highest BCUT2D eigenvalue weighted by atomic mass is 19.1. The molecule has 2 heterocycles. The molecule has 26 heavy (non-hydrogen) atoms. The van der Waals surface area contributed by atoms with Crippen molar-refractivity contribution >= 4 is 5.69 Å². The van der Waals surface area contributed by atoms with E-state index in [4.69, 9.17) is 0 Å². The van der Waals surface area contributed by atoms with Gasteiger partial charge in [0.25, 0.3) is 0 Å². The van der Waals surface area contributed by atoms with Gasteiger partial charge in [0, 0.05) is 51.0 Å². The summed E-state index contributed by atoms with van der Waals surface area (Å²) < 4.78 is 13.4. The molecule has 138 valence electrons. The van der Waals surface area contributed by atoms with Crippen molar-refractivity contribution in [3.63, 3.8) is 0 Å². The molecular weight excluding hydrogens is 325 g/mol. The first kappa shape index (κ1) is 17.5. The summed E-state index contributed by atoms with van der Waals surface area (Å²) >= 11 is 0. The highest BCUT2D eigenvalue weighted by molar-refractivity contribution is 5.46. The third-order valence-corrected chi connectivity index (χ3v) is 5.73. The van der Waals surface area contributed by atoms with Crippen molar-refractivity contribution in [3.05, 3.63) is 66.0 Å². The van der Waals surface area contributed by atoms with Gasteiger partial charge in [0.05, 0.1) is 0 Å². The molecule has 4 rings (SSSR count). The predicted octanol–water partition coefficient (Wildman–Crippen LogP) is 3.61. The lowest BCUT2D eigenvalue weighted by Crippen LogP contribution is -2.55. The van der Waals surface area contributed by atoms with E-state index in [1.165, 1.54) is 24.6 Å². The van der Waals surface area contributed by atoms with Gasteiger partial charge in [-0.3, -0.25) is 9.80 Å². The van der Waals surface area contributed by atoms with Gasteiger partial charge in [0.2, 0.25) is 0 Å². The number of piperidine rings is 1. The fourth-order valence-electron chi connectivity index (χ4n) is 4.35. The van der Waals surface area contributed by atoms with Crippen LogP contribution in [-0.4, -0.2) is 55.1 Å². The summed E-state index contributed by atoms with van der Waals surface area (Å²) in [7, 11) is 0. The summed E-state index contributed by atoms with van der Waals surface area (Å²) in [5.41, 5.74) is 2.42. The topological polar surface area (TPSA) is 9.72 Å². The van der Waals surface area contributed by atoms with Crippen molar-refractivity contribution < 1.29 is 4.39 Å². The zero-order valence-electron chi connectivity index (χ0n) is 15.4. The molecule has 3 nitrogen and oxygen atoms in total. The van der Waals surface area contributed by atoms with Gasteiger partial charge in [-0.25, -0.2) is 4.39 Å². The Morgan fingerprint density at radius 3 is 2.46 bits per heavy atom. The van der Waals surface area contributed by atoms with Crippen LogP contribution in [0, 0.1) is 5.82 Å². The van der Waals surface area contributed by atoms with Gasteiger partial charge in [-0.2, -0.15) is 0 Å². The molecule has 0 bridgehead atoms. The standard InChI is InChI=1S/C22H28FN3/c23-20-7-4-6-19(16-20)17-24-11-5-10-22(18-24)26-14-12-25(13-15-26)21-8-2-1-3-9-21/h1-4,6-9,16,22H,5,10-15,17-18H2/t22-/m0/s1. The lowest BCUT2D eigenvalue weighted by Gasteiger charge is -2.44. The molecule has 0 aromatic heterocycles. The van der Waals surface area contributed by atoms with Gasteiger partial charge in [-0.05, 0) is 49.2 Å². The molecule has 2 aromatic rings. The van der Waals surface area contributed by atoms with Crippen molar-refractivity contribution in [2.24, 2.45) is 0 Å². The lowest BCUT2D eigenvalue weighted by molar-refractivity contribution is 0.0887. The molecule has 0 amide bonds. The molecule has 4 heteroatoms. The summed E-state index contributed by atoms with van der Waals surface area (Å²) in [5, 5.41) is 0. The smallest absolute Gasteiger partial charge is 0.123 e. The Morgan fingerprint density at radius 2 is 1.69 bits per heavy atom. The maximum Gasteiger partial charge on any atom is 0.123 e. The van der Waals surface area contributed by atoms with Gasteiger partial charge in [0.1, 0.15) is 5.82 Å². The molecule has 0 N–H and O–H groups in total. The van der Waals surface area contributed by atoms with Crippen LogP contribution in [0.1, 0.15) is 18.4 Å². The van der Waals surface area contributed by atoms with Crippen LogP contribution in [0.2, 0.25) is 0 Å². The summed E-state index contributed by atoms with van der Waals surface area (Å²) in [5.74, 6) is -0.131. The number of hydrogen-bond acceptors (Lipinski definition) is 3. The normalized spacial score (nSPS) is 22.5. The average molecular weight is 353 g/mol. The molecule has 2 aliphatic rings. The first-order valence-corrected chi connectivity index (χ1v) is 9.79. The van der Waals surface area contributed by atoms with E-state index in [0.717, 1.165) is 51.4 Å². The molecule has 2 fully saturated rings. The Hall–Kier alpha value is -1.91. The van der Waals surface area contributed by atoms with Crippen molar-refractivity contribution in [2.75, 3.05) is 44.2 Å². The molecule has 0 radical (unpaired) electrons. The van der Waals surface area contributed by atoms with E-state index in [-0.39, 0.29) is 5.82 Å². The van der Waals surface area contributed by atoms with Crippen molar-refractivity contribution in [1.82, 2.24) is 9.80 Å². The number of piperazine rings is 1. The largest absolute Gasteiger partial charge is 0.369 e. The second-order valence-corrected chi connectivity index (χ2v) is 7.52. The minimum absolute atomic E-state index is 0.131. The zero-order chi connectivity index (χ0) is 17.8. The summed E-state index contributed by atoms with van der Waals surface area (Å²) in [6, 6.07) is 18.4. The second-order valence-electron chi connectivity index (χ2n) is 7.52. The maximum absolute atomic E-state index is 13.4. The Morgan fingerprint density at radius 1 is 0.885 bits per heavy atom. The van der Waals surface area contributed by atoms with Gasteiger partial charge >= 0.3 is 0 Å². The van der Waals surface area contributed by atoms with Crippen molar-refractivity contribution in [2.45, 2.75) is 25.4 Å². The van der Waals surface area contributed by atoms with Crippen LogP contribution in [0.25, 0.3) is 0 Å². The highest BCUT2D eigenvalue weighted by Gasteiger charge is 2.28. The SMILES string of the molecule is Fc1cccc(CN2CCC[C@H](N3CCN(c4ccccc4)CC3)C2)c1. The molecule has 1 atom stereocenters. The van der Waals surface area contributed by atoms with Crippen LogP contribution >= 0.6 is 0 Å². The summed E-state index contributed by atoms with van der Waals surface area (Å²) in [6.45, 7) is 7.55. The lowest BCUT2D eigenvalue weighted by atomic mass is 10.0. The van der Waals surface area contributed by atoms with Gasteiger partial charge < -0.3 is 4.90 Å². The third kappa shape index (κ3) is 4.25. The van der Waals surface area contributed by atoms with Crippen LogP contribution in [0.5, 0.6) is 0 Å². The van der Waals surface area contributed by atoms with Crippen LogP contribution in [-0.2, 0) is 6.54 Å². The Labute approximate surface area is 156 Å². The van der Waals surface area contributed by atoms with E-state index >= 15 is 0 Å². The molecule has 0 spiro atoms. The zero-order valence-corrected chi connectivity index (χ0v) is 15.4. The van der Waals surface area contributed by atoms with Gasteiger partial charge in [0.15, 0.2) is 0 Å². The predicted molar refractivity (Wildman–Crippen MR) is 105 cm³/mol. The first-order valence-electron chi connectivity index (χ1n) is 9.79.